The second kappa shape index (κ2) is 5.21. The molecule has 2 N–H and O–H groups in total. The maximum atomic E-state index is 5.21. The monoisotopic (exact) mass is 230 g/mol. The first-order valence-corrected chi connectivity index (χ1v) is 7.03. The van der Waals surface area contributed by atoms with E-state index in [2.05, 4.69) is 22.4 Å². The highest BCUT2D eigenvalue weighted by molar-refractivity contribution is 7.99. The largest absolute Gasteiger partial charge is 0.362 e. The maximum absolute atomic E-state index is 5.21. The van der Waals surface area contributed by atoms with Crippen LogP contribution in [0.4, 0.5) is 0 Å². The Morgan fingerprint density at radius 2 is 1.93 bits per heavy atom. The summed E-state index contributed by atoms with van der Waals surface area (Å²) in [6.07, 6.45) is 5.29. The van der Waals surface area contributed by atoms with Gasteiger partial charge in [0.1, 0.15) is 0 Å². The van der Waals surface area contributed by atoms with Crippen LogP contribution in [0.15, 0.2) is 0 Å². The molecule has 4 heteroatoms. The van der Waals surface area contributed by atoms with Crippen molar-refractivity contribution in [1.29, 1.82) is 0 Å². The van der Waals surface area contributed by atoms with Crippen molar-refractivity contribution in [2.45, 2.75) is 31.7 Å². The molecule has 1 saturated carbocycles. The van der Waals surface area contributed by atoms with Crippen LogP contribution in [0.2, 0.25) is 0 Å². The van der Waals surface area contributed by atoms with Crippen LogP contribution in [0.25, 0.3) is 0 Å². The predicted octanol–water partition coefficient (Wildman–Crippen LogP) is 1.76. The van der Waals surface area contributed by atoms with Crippen LogP contribution in [0.3, 0.4) is 0 Å². The summed E-state index contributed by atoms with van der Waals surface area (Å²) in [6.45, 7) is 1.07. The van der Waals surface area contributed by atoms with Crippen LogP contribution in [0.5, 0.6) is 0 Å². The van der Waals surface area contributed by atoms with Gasteiger partial charge in [0.05, 0.1) is 0 Å². The highest BCUT2D eigenvalue weighted by atomic mass is 32.2. The summed E-state index contributed by atoms with van der Waals surface area (Å²) in [4.78, 5) is 0. The van der Waals surface area contributed by atoms with E-state index in [1.165, 1.54) is 37.2 Å². The fourth-order valence-corrected chi connectivity index (χ4v) is 3.11. The standard InChI is InChI=1S/C10H18N2S2/c13-10(12-9-1-2-9)11-7-8-3-5-14-6-4-8/h8-9H,1-7H2,(H2,11,12,13). The molecule has 0 bridgehead atoms. The van der Waals surface area contributed by atoms with Crippen LogP contribution in [-0.4, -0.2) is 29.2 Å². The molecule has 0 atom stereocenters. The SMILES string of the molecule is S=C(NCC1CCSCC1)NC1CC1. The molecule has 14 heavy (non-hydrogen) atoms. The summed E-state index contributed by atoms with van der Waals surface area (Å²) in [5, 5.41) is 7.51. The molecule has 0 aromatic carbocycles. The number of hydrogen-bond acceptors (Lipinski definition) is 2. The summed E-state index contributed by atoms with van der Waals surface area (Å²) in [5.74, 6) is 3.50. The van der Waals surface area contributed by atoms with E-state index >= 15 is 0 Å². The first kappa shape index (κ1) is 10.6. The van der Waals surface area contributed by atoms with Crippen molar-refractivity contribution in [1.82, 2.24) is 10.6 Å². The molecule has 80 valence electrons. The Bertz CT molecular complexity index is 198. The molecule has 2 nitrogen and oxygen atoms in total. The van der Waals surface area contributed by atoms with Crippen molar-refractivity contribution < 1.29 is 0 Å². The molecule has 1 aliphatic heterocycles. The zero-order chi connectivity index (χ0) is 9.80. The Balaban J connectivity index is 1.57. The number of hydrogen-bond donors (Lipinski definition) is 2. The van der Waals surface area contributed by atoms with Crippen LogP contribution < -0.4 is 10.6 Å². The molecular weight excluding hydrogens is 212 g/mol. The van der Waals surface area contributed by atoms with Gasteiger partial charge < -0.3 is 10.6 Å². The average Bonchev–Trinajstić information content (AvgIpc) is 3.00. The number of thiocarbonyl (C=S) groups is 1. The quantitative estimate of drug-likeness (QED) is 0.722. The van der Waals surface area contributed by atoms with Crippen molar-refractivity contribution in [3.63, 3.8) is 0 Å². The lowest BCUT2D eigenvalue weighted by Gasteiger charge is -2.22. The lowest BCUT2D eigenvalue weighted by atomic mass is 10.0. The van der Waals surface area contributed by atoms with Gasteiger partial charge in [0, 0.05) is 12.6 Å². The highest BCUT2D eigenvalue weighted by Crippen LogP contribution is 2.22. The smallest absolute Gasteiger partial charge is 0.166 e. The van der Waals surface area contributed by atoms with E-state index < -0.39 is 0 Å². The lowest BCUT2D eigenvalue weighted by molar-refractivity contribution is 0.480. The first-order valence-electron chi connectivity index (χ1n) is 5.46. The van der Waals surface area contributed by atoms with Crippen molar-refractivity contribution in [2.24, 2.45) is 5.92 Å². The third kappa shape index (κ3) is 3.65. The molecule has 1 aliphatic carbocycles. The summed E-state index contributed by atoms with van der Waals surface area (Å²) >= 11 is 7.29. The third-order valence-electron chi connectivity index (χ3n) is 2.80. The molecular formula is C10H18N2S2. The second-order valence-electron chi connectivity index (χ2n) is 4.18. The van der Waals surface area contributed by atoms with Gasteiger partial charge in [-0.2, -0.15) is 11.8 Å². The van der Waals surface area contributed by atoms with E-state index in [0.717, 1.165) is 17.6 Å². The third-order valence-corrected chi connectivity index (χ3v) is 4.12. The molecule has 0 aromatic heterocycles. The number of rotatable bonds is 3. The summed E-state index contributed by atoms with van der Waals surface area (Å²) in [7, 11) is 0. The fourth-order valence-electron chi connectivity index (χ4n) is 1.65. The maximum Gasteiger partial charge on any atom is 0.166 e. The molecule has 1 heterocycles. The Morgan fingerprint density at radius 3 is 2.57 bits per heavy atom. The van der Waals surface area contributed by atoms with E-state index in [1.807, 2.05) is 0 Å². The minimum absolute atomic E-state index is 0.678. The minimum Gasteiger partial charge on any atom is -0.362 e. The summed E-state index contributed by atoms with van der Waals surface area (Å²) in [5.41, 5.74) is 0. The average molecular weight is 230 g/mol. The Labute approximate surface area is 95.6 Å². The van der Waals surface area contributed by atoms with Crippen molar-refractivity contribution in [3.8, 4) is 0 Å². The molecule has 2 fully saturated rings. The molecule has 0 aromatic rings. The van der Waals surface area contributed by atoms with Gasteiger partial charge in [-0.1, -0.05) is 0 Å². The molecule has 2 aliphatic rings. The van der Waals surface area contributed by atoms with Crippen LogP contribution >= 0.6 is 24.0 Å². The van der Waals surface area contributed by atoms with Gasteiger partial charge in [-0.3, -0.25) is 0 Å². The first-order chi connectivity index (χ1) is 6.84. The molecule has 0 radical (unpaired) electrons. The molecule has 2 rings (SSSR count). The van der Waals surface area contributed by atoms with Gasteiger partial charge in [-0.05, 0) is 55.3 Å². The van der Waals surface area contributed by atoms with E-state index in [9.17, 15) is 0 Å². The van der Waals surface area contributed by atoms with E-state index in [-0.39, 0.29) is 0 Å². The van der Waals surface area contributed by atoms with Gasteiger partial charge in [0.25, 0.3) is 0 Å². The van der Waals surface area contributed by atoms with Crippen molar-refractivity contribution >= 4 is 29.1 Å². The summed E-state index contributed by atoms with van der Waals surface area (Å²) in [6, 6.07) is 0.678. The van der Waals surface area contributed by atoms with Gasteiger partial charge in [0.15, 0.2) is 5.11 Å². The van der Waals surface area contributed by atoms with E-state index in [1.54, 1.807) is 0 Å². The fraction of sp³-hybridized carbons (Fsp3) is 0.900. The Hall–Kier alpha value is 0.0400. The van der Waals surface area contributed by atoms with Crippen LogP contribution in [0.1, 0.15) is 25.7 Å². The zero-order valence-electron chi connectivity index (χ0n) is 8.42. The van der Waals surface area contributed by atoms with Crippen molar-refractivity contribution in [3.05, 3.63) is 0 Å². The number of nitrogens with one attached hydrogen (secondary N) is 2. The topological polar surface area (TPSA) is 24.1 Å². The van der Waals surface area contributed by atoms with Gasteiger partial charge >= 0.3 is 0 Å². The number of thioether (sulfide) groups is 1. The Morgan fingerprint density at radius 1 is 1.21 bits per heavy atom. The predicted molar refractivity (Wildman–Crippen MR) is 66.8 cm³/mol. The molecule has 0 spiro atoms. The normalized spacial score (nSPS) is 23.1. The van der Waals surface area contributed by atoms with Gasteiger partial charge in [-0.25, -0.2) is 0 Å². The highest BCUT2D eigenvalue weighted by Gasteiger charge is 2.22. The second-order valence-corrected chi connectivity index (χ2v) is 5.82. The Kier molecular flexibility index (Phi) is 3.93. The van der Waals surface area contributed by atoms with E-state index in [4.69, 9.17) is 12.2 Å². The van der Waals surface area contributed by atoms with Crippen molar-refractivity contribution in [2.75, 3.05) is 18.1 Å². The van der Waals surface area contributed by atoms with Gasteiger partial charge in [0.2, 0.25) is 0 Å². The molecule has 0 unspecified atom stereocenters. The molecule has 0 amide bonds. The van der Waals surface area contributed by atoms with Crippen LogP contribution in [0, 0.1) is 5.92 Å². The van der Waals surface area contributed by atoms with E-state index in [0.29, 0.717) is 6.04 Å². The minimum atomic E-state index is 0.678. The lowest BCUT2D eigenvalue weighted by Crippen LogP contribution is -2.39. The summed E-state index contributed by atoms with van der Waals surface area (Å²) < 4.78 is 0. The molecule has 1 saturated heterocycles. The zero-order valence-corrected chi connectivity index (χ0v) is 10.1. The van der Waals surface area contributed by atoms with Crippen LogP contribution in [-0.2, 0) is 0 Å². The van der Waals surface area contributed by atoms with Gasteiger partial charge in [-0.15, -0.1) is 0 Å².